The third-order valence-electron chi connectivity index (χ3n) is 16.8. The van der Waals surface area contributed by atoms with Gasteiger partial charge in [0.2, 0.25) is 0 Å². The van der Waals surface area contributed by atoms with Crippen LogP contribution in [-0.2, 0) is 65.4 Å². The quantitative estimate of drug-likeness (QED) is 0.0169. The van der Waals surface area contributed by atoms with E-state index in [-0.39, 0.29) is 25.7 Å². The van der Waals surface area contributed by atoms with Gasteiger partial charge in [-0.05, 0) is 193 Å². The van der Waals surface area contributed by atoms with Crippen molar-refractivity contribution < 1.29 is 80.2 Å². The van der Waals surface area contributed by atoms with Crippen molar-refractivity contribution >= 4 is 39.5 Å². The van der Waals surface area contributed by atoms with Crippen LogP contribution in [0.15, 0.2) is 243 Å². The number of unbranched alkanes of at least 4 members (excludes halogenated alkanes) is 12. The molecular weight excluding hydrogens is 1500 g/mol. The van der Waals surface area contributed by atoms with Crippen LogP contribution in [0.4, 0.5) is 0 Å². The molecule has 0 saturated carbocycles. The Morgan fingerprint density at radius 3 is 0.707 bits per heavy atom. The van der Waals surface area contributed by atoms with E-state index >= 15 is 0 Å². The van der Waals surface area contributed by atoms with Gasteiger partial charge >= 0.3 is 39.5 Å². The Hall–Kier alpha value is -7.14. The highest BCUT2D eigenvalue weighted by Crippen LogP contribution is 2.45. The zero-order valence-electron chi connectivity index (χ0n) is 71.3. The van der Waals surface area contributed by atoms with E-state index in [4.69, 9.17) is 37.0 Å². The van der Waals surface area contributed by atoms with E-state index in [2.05, 4.69) is 234 Å². The first-order chi connectivity index (χ1) is 56.7. The number of hydrogen-bond donors (Lipinski definition) is 3. The smallest absolute Gasteiger partial charge is 0.462 e. The molecule has 19 heteroatoms. The summed E-state index contributed by atoms with van der Waals surface area (Å²) in [5, 5.41) is 10.7. The first-order valence-electron chi connectivity index (χ1n) is 43.3. The molecule has 2 unspecified atom stereocenters. The van der Waals surface area contributed by atoms with E-state index in [0.29, 0.717) is 38.5 Å². The summed E-state index contributed by atoms with van der Waals surface area (Å²) in [4.78, 5) is 73.3. The van der Waals surface area contributed by atoms with Crippen LogP contribution in [0.25, 0.3) is 0 Å². The van der Waals surface area contributed by atoms with E-state index in [0.717, 1.165) is 154 Å². The largest absolute Gasteiger partial charge is 0.472 e. The number of ether oxygens (including phenoxy) is 4. The Balaban J connectivity index is 5.63. The fourth-order valence-corrected chi connectivity index (χ4v) is 11.9. The number of phosphoric acid groups is 2. The number of carbonyl (C=O) groups is 4. The molecule has 116 heavy (non-hydrogen) atoms. The molecule has 0 aliphatic rings. The van der Waals surface area contributed by atoms with Gasteiger partial charge in [-0.15, -0.1) is 0 Å². The molecule has 3 N–H and O–H groups in total. The molecule has 0 fully saturated rings. The summed E-state index contributed by atoms with van der Waals surface area (Å²) >= 11 is 0. The number of allylic oxidation sites excluding steroid dienone is 40. The zero-order chi connectivity index (χ0) is 84.5. The fraction of sp³-hybridized carbons (Fsp3) is 0.546. The van der Waals surface area contributed by atoms with Crippen LogP contribution in [0.5, 0.6) is 0 Å². The number of phosphoric ester groups is 2. The van der Waals surface area contributed by atoms with Crippen molar-refractivity contribution in [3.63, 3.8) is 0 Å². The van der Waals surface area contributed by atoms with E-state index in [9.17, 15) is 43.2 Å². The molecule has 0 amide bonds. The molecule has 4 atom stereocenters. The second-order valence-electron chi connectivity index (χ2n) is 27.6. The number of hydrogen-bond acceptors (Lipinski definition) is 15. The number of carbonyl (C=O) groups excluding carboxylic acids is 4. The summed E-state index contributed by atoms with van der Waals surface area (Å²) in [5.41, 5.74) is 0. The highest BCUT2D eigenvalue weighted by atomic mass is 31.2. The van der Waals surface area contributed by atoms with Crippen LogP contribution in [-0.4, -0.2) is 96.7 Å². The van der Waals surface area contributed by atoms with Crippen LogP contribution in [0.3, 0.4) is 0 Å². The van der Waals surface area contributed by atoms with Gasteiger partial charge in [-0.3, -0.25) is 37.3 Å². The molecule has 0 aromatic rings. The molecule has 0 saturated heterocycles. The maximum absolute atomic E-state index is 13.2. The van der Waals surface area contributed by atoms with Crippen LogP contribution < -0.4 is 0 Å². The zero-order valence-corrected chi connectivity index (χ0v) is 73.1. The van der Waals surface area contributed by atoms with Gasteiger partial charge in [-0.1, -0.05) is 309 Å². The van der Waals surface area contributed by atoms with Crippen LogP contribution >= 0.6 is 15.6 Å². The van der Waals surface area contributed by atoms with Crippen molar-refractivity contribution in [3.8, 4) is 0 Å². The van der Waals surface area contributed by atoms with Crippen LogP contribution in [0.1, 0.15) is 285 Å². The molecule has 0 rings (SSSR count). The summed E-state index contributed by atoms with van der Waals surface area (Å²) in [6, 6.07) is 0. The topological polar surface area (TPSA) is 237 Å². The van der Waals surface area contributed by atoms with Gasteiger partial charge in [0, 0.05) is 25.7 Å². The van der Waals surface area contributed by atoms with Crippen molar-refractivity contribution in [2.75, 3.05) is 39.6 Å². The summed E-state index contributed by atoms with van der Waals surface area (Å²) in [6.45, 7) is 4.31. The summed E-state index contributed by atoms with van der Waals surface area (Å²) < 4.78 is 68.6. The second-order valence-corrected chi connectivity index (χ2v) is 30.6. The standard InChI is InChI=1S/C97H150O17P2/c1-5-9-13-17-21-25-29-33-37-41-45-49-53-57-61-65-69-73-77-81-94(99)107-87-92(113-96(101)83-79-75-71-67-63-59-55-51-47-43-39-35-31-27-23-19-15-11-7-3)89-111-115(103,104)109-85-91(98)86-110-116(105,106)112-90-93(114-97(102)84-80-76-72-68-64-60-56-52-48-44-40-36-32-28-24-20-16-12-8-4)88-108-95(100)82-78-74-70-66-62-58-54-50-46-42-38-34-30-26-22-18-14-10-6-2/h9-10,13-14,21-28,33-40,45-52,57-64,71-72,75-76,91-93,98H,5-8,11-12,15-20,29-32,41-44,53-56,65-70,73-74,77-90H2,1-4H3,(H,103,104)(H,105,106)/b13-9-,14-10-,25-21-,26-22-,27-23-,28-24-,37-33-,38-34-,39-35-,40-36-,49-45-,50-46-,51-47-,52-48-,61-57-,62-58-,63-59-,64-60-,75-71-,76-72-/t92-,93-/m1/s1. The van der Waals surface area contributed by atoms with E-state index < -0.39 is 97.5 Å². The Labute approximate surface area is 701 Å². The lowest BCUT2D eigenvalue weighted by Crippen LogP contribution is -2.30. The van der Waals surface area contributed by atoms with Gasteiger partial charge in [-0.2, -0.15) is 0 Å². The lowest BCUT2D eigenvalue weighted by atomic mass is 10.1. The first-order valence-corrected chi connectivity index (χ1v) is 46.3. The molecule has 0 aromatic carbocycles. The predicted molar refractivity (Wildman–Crippen MR) is 481 cm³/mol. The minimum absolute atomic E-state index is 0.0502. The summed E-state index contributed by atoms with van der Waals surface area (Å²) in [7, 11) is -10.1. The molecule has 0 aliphatic heterocycles. The molecular formula is C97H150O17P2. The number of aliphatic hydroxyl groups excluding tert-OH is 1. The molecule has 0 bridgehead atoms. The molecule has 0 radical (unpaired) electrons. The molecule has 17 nitrogen and oxygen atoms in total. The predicted octanol–water partition coefficient (Wildman–Crippen LogP) is 26.3. The number of esters is 4. The molecule has 0 aliphatic carbocycles. The van der Waals surface area contributed by atoms with E-state index in [1.54, 1.807) is 0 Å². The maximum atomic E-state index is 13.2. The van der Waals surface area contributed by atoms with E-state index in [1.165, 1.54) is 38.5 Å². The van der Waals surface area contributed by atoms with Crippen LogP contribution in [0.2, 0.25) is 0 Å². The number of aliphatic hydroxyl groups is 1. The Kier molecular flexibility index (Phi) is 80.5. The van der Waals surface area contributed by atoms with Crippen molar-refractivity contribution in [1.82, 2.24) is 0 Å². The highest BCUT2D eigenvalue weighted by molar-refractivity contribution is 7.47. The second kappa shape index (κ2) is 85.7. The van der Waals surface area contributed by atoms with E-state index in [1.807, 2.05) is 36.5 Å². The minimum atomic E-state index is -5.04. The van der Waals surface area contributed by atoms with Gasteiger partial charge in [0.05, 0.1) is 26.4 Å². The maximum Gasteiger partial charge on any atom is 0.472 e. The van der Waals surface area contributed by atoms with Crippen molar-refractivity contribution in [2.24, 2.45) is 0 Å². The third-order valence-corrected chi connectivity index (χ3v) is 18.7. The summed E-state index contributed by atoms with van der Waals surface area (Å²) in [5.74, 6) is -2.47. The first kappa shape index (κ1) is 109. The molecule has 0 heterocycles. The lowest BCUT2D eigenvalue weighted by Gasteiger charge is -2.21. The van der Waals surface area contributed by atoms with Gasteiger partial charge in [0.15, 0.2) is 12.2 Å². The van der Waals surface area contributed by atoms with Crippen molar-refractivity contribution in [2.45, 2.75) is 303 Å². The minimum Gasteiger partial charge on any atom is -0.462 e. The third kappa shape index (κ3) is 84.8. The van der Waals surface area contributed by atoms with Crippen molar-refractivity contribution in [3.05, 3.63) is 243 Å². The number of rotatable bonds is 78. The lowest BCUT2D eigenvalue weighted by molar-refractivity contribution is -0.161. The Morgan fingerprint density at radius 1 is 0.250 bits per heavy atom. The monoisotopic (exact) mass is 1650 g/mol. The molecule has 650 valence electrons. The Morgan fingerprint density at radius 2 is 0.466 bits per heavy atom. The van der Waals surface area contributed by atoms with Crippen LogP contribution in [0, 0.1) is 0 Å². The molecule has 0 spiro atoms. The SMILES string of the molecule is CC/C=C\C/C=C\C/C=C\C/C=C\C/C=C\CCCCCC(=O)OC[C@H](COP(=O)(O)OCC(O)COP(=O)(O)OC[C@@H](COC(=O)CCCCC/C=C\C/C=C\C/C=C\C/C=C\C/C=C\CC)OC(=O)CC/C=C\C/C=C\C/C=C\C/C=C\C/C=C\CCCCC)OC(=O)CC/C=C\C/C=C\C/C=C\C/C=C\C/C=C\CCCCC. The van der Waals surface area contributed by atoms with Crippen molar-refractivity contribution in [1.29, 1.82) is 0 Å². The molecule has 0 aromatic heterocycles. The highest BCUT2D eigenvalue weighted by Gasteiger charge is 2.30. The van der Waals surface area contributed by atoms with Gasteiger partial charge < -0.3 is 33.8 Å². The van der Waals surface area contributed by atoms with Gasteiger partial charge in [0.25, 0.3) is 0 Å². The average Bonchev–Trinajstić information content (AvgIpc) is 0.898. The van der Waals surface area contributed by atoms with Gasteiger partial charge in [0.1, 0.15) is 19.3 Å². The normalized spacial score (nSPS) is 14.9. The average molecular weight is 1650 g/mol. The fourth-order valence-electron chi connectivity index (χ4n) is 10.3. The Bertz CT molecular complexity index is 2950. The summed E-state index contributed by atoms with van der Waals surface area (Å²) in [6.07, 6.45) is 113. The van der Waals surface area contributed by atoms with Gasteiger partial charge in [-0.25, -0.2) is 9.13 Å².